The predicted molar refractivity (Wildman–Crippen MR) is 78.3 cm³/mol. The summed E-state index contributed by atoms with van der Waals surface area (Å²) >= 11 is 2.07. The van der Waals surface area contributed by atoms with Gasteiger partial charge in [0.25, 0.3) is 10.0 Å². The number of hydrogen-bond acceptors (Lipinski definition) is 6. The van der Waals surface area contributed by atoms with E-state index in [0.29, 0.717) is 0 Å². The van der Waals surface area contributed by atoms with E-state index >= 15 is 0 Å². The first-order chi connectivity index (χ1) is 9.29. The van der Waals surface area contributed by atoms with Crippen molar-refractivity contribution in [3.8, 4) is 0 Å². The summed E-state index contributed by atoms with van der Waals surface area (Å²) in [4.78, 5) is 14.9. The van der Waals surface area contributed by atoms with Crippen LogP contribution in [0, 0.1) is 0 Å². The largest absolute Gasteiger partial charge is 0.477 e. The smallest absolute Gasteiger partial charge is 0.345 e. The molecular formula is C11H12N2O4S3. The maximum atomic E-state index is 12.1. The third kappa shape index (κ3) is 3.17. The molecule has 0 fully saturated rings. The van der Waals surface area contributed by atoms with Crippen molar-refractivity contribution in [3.63, 3.8) is 0 Å². The molecule has 2 rings (SSSR count). The molecule has 0 saturated heterocycles. The number of carboxylic acids is 1. The Bertz CT molecular complexity index is 730. The summed E-state index contributed by atoms with van der Waals surface area (Å²) in [6, 6.07) is 1.13. The molecule has 9 heteroatoms. The van der Waals surface area contributed by atoms with Crippen LogP contribution in [0.3, 0.4) is 0 Å². The molecule has 20 heavy (non-hydrogen) atoms. The molecule has 0 unspecified atom stereocenters. The van der Waals surface area contributed by atoms with Gasteiger partial charge in [0.05, 0.1) is 10.6 Å². The van der Waals surface area contributed by atoms with E-state index in [0.717, 1.165) is 23.1 Å². The van der Waals surface area contributed by atoms with Gasteiger partial charge in [-0.3, -0.25) is 4.72 Å². The van der Waals surface area contributed by atoms with Crippen LogP contribution in [0.15, 0.2) is 21.7 Å². The number of sulfonamides is 1. The standard InChI is InChI=1S/C11H12N2O4S3/c1-6(2)8-5-19-11(12-8)13-20(16,17)7-3-9(10(14)15)18-4-7/h3-6H,1-2H3,(H,12,13)(H,14,15). The average Bonchev–Trinajstić information content (AvgIpc) is 2.95. The molecular weight excluding hydrogens is 320 g/mol. The van der Waals surface area contributed by atoms with Crippen LogP contribution in [0.2, 0.25) is 0 Å². The summed E-state index contributed by atoms with van der Waals surface area (Å²) in [5, 5.41) is 12.2. The summed E-state index contributed by atoms with van der Waals surface area (Å²) in [7, 11) is -3.79. The van der Waals surface area contributed by atoms with Gasteiger partial charge in [-0.05, 0) is 12.0 Å². The predicted octanol–water partition coefficient (Wildman–Crippen LogP) is 2.83. The van der Waals surface area contributed by atoms with Gasteiger partial charge >= 0.3 is 5.97 Å². The van der Waals surface area contributed by atoms with Gasteiger partial charge in [-0.25, -0.2) is 18.2 Å². The zero-order valence-electron chi connectivity index (χ0n) is 10.7. The van der Waals surface area contributed by atoms with E-state index in [1.54, 1.807) is 5.38 Å². The highest BCUT2D eigenvalue weighted by Crippen LogP contribution is 2.25. The molecule has 0 radical (unpaired) electrons. The number of thiophene rings is 1. The number of thiazole rings is 1. The van der Waals surface area contributed by atoms with Gasteiger partial charge in [0.2, 0.25) is 0 Å². The fourth-order valence-corrected chi connectivity index (χ4v) is 4.58. The van der Waals surface area contributed by atoms with E-state index in [1.165, 1.54) is 16.7 Å². The van der Waals surface area contributed by atoms with Crippen molar-refractivity contribution in [1.29, 1.82) is 0 Å². The average molecular weight is 332 g/mol. The zero-order chi connectivity index (χ0) is 14.9. The van der Waals surface area contributed by atoms with Crippen LogP contribution in [0.4, 0.5) is 5.13 Å². The molecule has 0 aromatic carbocycles. The number of rotatable bonds is 5. The fourth-order valence-electron chi connectivity index (χ4n) is 1.34. The third-order valence-electron chi connectivity index (χ3n) is 2.43. The SMILES string of the molecule is CC(C)c1csc(NS(=O)(=O)c2csc(C(=O)O)c2)n1. The minimum atomic E-state index is -3.79. The lowest BCUT2D eigenvalue weighted by atomic mass is 10.2. The Morgan fingerprint density at radius 1 is 1.35 bits per heavy atom. The Hall–Kier alpha value is -1.45. The first-order valence-electron chi connectivity index (χ1n) is 5.59. The molecule has 108 valence electrons. The Labute approximate surface area is 124 Å². The number of carboxylic acid groups (broad SMARTS) is 1. The van der Waals surface area contributed by atoms with E-state index in [1.807, 2.05) is 13.8 Å². The summed E-state index contributed by atoms with van der Waals surface area (Å²) in [6.07, 6.45) is 0. The van der Waals surface area contributed by atoms with Crippen molar-refractivity contribution >= 4 is 43.8 Å². The quantitative estimate of drug-likeness (QED) is 0.877. The second-order valence-corrected chi connectivity index (χ2v) is 7.74. The Morgan fingerprint density at radius 2 is 2.05 bits per heavy atom. The molecule has 2 aromatic rings. The molecule has 6 nitrogen and oxygen atoms in total. The molecule has 0 saturated carbocycles. The minimum Gasteiger partial charge on any atom is -0.477 e. The number of aromatic carboxylic acids is 1. The summed E-state index contributed by atoms with van der Waals surface area (Å²) in [6.45, 7) is 3.93. The lowest BCUT2D eigenvalue weighted by Crippen LogP contribution is -2.12. The highest BCUT2D eigenvalue weighted by molar-refractivity contribution is 7.93. The molecule has 0 aliphatic carbocycles. The maximum Gasteiger partial charge on any atom is 0.345 e. The van der Waals surface area contributed by atoms with Crippen LogP contribution >= 0.6 is 22.7 Å². The van der Waals surface area contributed by atoms with Gasteiger partial charge in [-0.1, -0.05) is 13.8 Å². The molecule has 0 bridgehead atoms. The fraction of sp³-hybridized carbons (Fsp3) is 0.273. The molecule has 0 atom stereocenters. The van der Waals surface area contributed by atoms with Gasteiger partial charge in [-0.15, -0.1) is 22.7 Å². The van der Waals surface area contributed by atoms with Crippen LogP contribution in [-0.4, -0.2) is 24.5 Å². The van der Waals surface area contributed by atoms with E-state index in [2.05, 4.69) is 9.71 Å². The highest BCUT2D eigenvalue weighted by atomic mass is 32.2. The van der Waals surface area contributed by atoms with Crippen LogP contribution in [0.1, 0.15) is 35.1 Å². The Balaban J connectivity index is 2.23. The van der Waals surface area contributed by atoms with Crippen molar-refractivity contribution < 1.29 is 18.3 Å². The highest BCUT2D eigenvalue weighted by Gasteiger charge is 2.20. The second kappa shape index (κ2) is 5.51. The summed E-state index contributed by atoms with van der Waals surface area (Å²) in [5.41, 5.74) is 0.809. The Kier molecular flexibility index (Phi) is 4.11. The number of carbonyl (C=O) groups is 1. The number of hydrogen-bond donors (Lipinski definition) is 2. The van der Waals surface area contributed by atoms with E-state index < -0.39 is 16.0 Å². The first kappa shape index (κ1) is 14.9. The molecule has 0 spiro atoms. The Morgan fingerprint density at radius 3 is 2.55 bits per heavy atom. The first-order valence-corrected chi connectivity index (χ1v) is 8.84. The lowest BCUT2D eigenvalue weighted by molar-refractivity contribution is 0.0702. The van der Waals surface area contributed by atoms with Gasteiger partial charge in [-0.2, -0.15) is 0 Å². The van der Waals surface area contributed by atoms with Gasteiger partial charge in [0.1, 0.15) is 4.88 Å². The molecule has 2 N–H and O–H groups in total. The van der Waals surface area contributed by atoms with Crippen molar-refractivity contribution in [2.45, 2.75) is 24.7 Å². The van der Waals surface area contributed by atoms with Crippen LogP contribution in [-0.2, 0) is 10.0 Å². The van der Waals surface area contributed by atoms with Crippen LogP contribution < -0.4 is 4.72 Å². The minimum absolute atomic E-state index is 0.0209. The zero-order valence-corrected chi connectivity index (χ0v) is 13.1. The molecule has 2 heterocycles. The number of nitrogens with one attached hydrogen (secondary N) is 1. The van der Waals surface area contributed by atoms with Crippen LogP contribution in [0.25, 0.3) is 0 Å². The number of anilines is 1. The topological polar surface area (TPSA) is 96.4 Å². The molecule has 2 aromatic heterocycles. The number of aromatic nitrogens is 1. The molecule has 0 aliphatic heterocycles. The van der Waals surface area contributed by atoms with Gasteiger partial charge < -0.3 is 5.11 Å². The number of nitrogens with zero attached hydrogens (tertiary/aromatic N) is 1. The maximum absolute atomic E-state index is 12.1. The monoisotopic (exact) mass is 332 g/mol. The van der Waals surface area contributed by atoms with Crippen LogP contribution in [0.5, 0.6) is 0 Å². The molecule has 0 amide bonds. The summed E-state index contributed by atoms with van der Waals surface area (Å²) in [5.74, 6) is -0.933. The lowest BCUT2D eigenvalue weighted by Gasteiger charge is -2.02. The van der Waals surface area contributed by atoms with E-state index in [-0.39, 0.29) is 20.8 Å². The van der Waals surface area contributed by atoms with Crippen molar-refractivity contribution in [3.05, 3.63) is 27.4 Å². The van der Waals surface area contributed by atoms with E-state index in [9.17, 15) is 13.2 Å². The normalized spacial score (nSPS) is 11.8. The van der Waals surface area contributed by atoms with E-state index in [4.69, 9.17) is 5.11 Å². The van der Waals surface area contributed by atoms with Crippen molar-refractivity contribution in [1.82, 2.24) is 4.98 Å². The van der Waals surface area contributed by atoms with Crippen molar-refractivity contribution in [2.75, 3.05) is 4.72 Å². The van der Waals surface area contributed by atoms with Gasteiger partial charge in [0, 0.05) is 10.8 Å². The van der Waals surface area contributed by atoms with Crippen molar-refractivity contribution in [2.24, 2.45) is 0 Å². The summed E-state index contributed by atoms with van der Waals surface area (Å²) < 4.78 is 26.5. The third-order valence-corrected chi connectivity index (χ3v) is 5.72. The molecule has 0 aliphatic rings. The van der Waals surface area contributed by atoms with Gasteiger partial charge in [0.15, 0.2) is 5.13 Å². The second-order valence-electron chi connectivity index (χ2n) is 4.29.